The third kappa shape index (κ3) is 3.30. The van der Waals surface area contributed by atoms with Crippen molar-refractivity contribution < 1.29 is 29.8 Å². The fraction of sp³-hybridized carbons (Fsp3) is 0. The summed E-state index contributed by atoms with van der Waals surface area (Å²) in [7, 11) is -8.64. The van der Waals surface area contributed by atoms with Crippen LogP contribution in [0.3, 0.4) is 0 Å². The van der Waals surface area contributed by atoms with Crippen molar-refractivity contribution in [3.8, 4) is 11.1 Å². The van der Waals surface area contributed by atoms with Gasteiger partial charge in [-0.15, -0.1) is 12.6 Å². The topological polar surface area (TPSA) is 123 Å². The molecule has 1 atom stereocenters. The number of hydrogen-bond acceptors (Lipinski definition) is 6. The van der Waals surface area contributed by atoms with Gasteiger partial charge in [0.25, 0.3) is 10.1 Å². The van der Waals surface area contributed by atoms with Crippen molar-refractivity contribution in [3.05, 3.63) is 42.5 Å². The van der Waals surface area contributed by atoms with Gasteiger partial charge in [-0.25, -0.2) is 4.21 Å². The van der Waals surface area contributed by atoms with Crippen molar-refractivity contribution in [2.24, 2.45) is 0 Å². The Labute approximate surface area is 129 Å². The Balaban J connectivity index is 0.000000396. The van der Waals surface area contributed by atoms with E-state index < -0.39 is 31.5 Å². The molecule has 1 aliphatic rings. The van der Waals surface area contributed by atoms with Crippen LogP contribution in [0.4, 0.5) is 0 Å². The molecule has 0 radical (unpaired) electrons. The third-order valence-corrected chi connectivity index (χ3v) is 5.19. The number of fused-ring (bicyclic) bond motifs is 3. The Kier molecular flexibility index (Phi) is 4.56. The van der Waals surface area contributed by atoms with Gasteiger partial charge in [0.05, 0.1) is 25.5 Å². The van der Waals surface area contributed by atoms with Crippen LogP contribution in [0, 0.1) is 0 Å². The highest BCUT2D eigenvalue weighted by atomic mass is 32.2. The molecule has 1 N–H and O–H groups in total. The van der Waals surface area contributed by atoms with Crippen molar-refractivity contribution in [2.45, 2.75) is 14.7 Å². The van der Waals surface area contributed by atoms with E-state index in [2.05, 4.69) is 0 Å². The molecular weight excluding hydrogens is 352 g/mol. The van der Waals surface area contributed by atoms with Gasteiger partial charge in [0.2, 0.25) is 0 Å². The fourth-order valence-electron chi connectivity index (χ4n) is 2.01. The van der Waals surface area contributed by atoms with Crippen LogP contribution in [0.1, 0.15) is 0 Å². The standard InChI is InChI=1S/C12H8O4S2.O3S/c13-17-11-4-2-1-3-9(11)10-7-8(18(14,15)16)5-6-12(10)17;1-4(2)3/h1-7H,(H,14,15,16);. The lowest BCUT2D eigenvalue weighted by molar-refractivity contribution is 0.483. The molecular formula is C12H8O7S3. The molecule has 0 fully saturated rings. The second-order valence-electron chi connectivity index (χ2n) is 4.10. The number of hydrogen-bond donors (Lipinski definition) is 1. The van der Waals surface area contributed by atoms with Crippen LogP contribution in [0.5, 0.6) is 0 Å². The molecule has 2 aromatic carbocycles. The first-order chi connectivity index (χ1) is 10.2. The van der Waals surface area contributed by atoms with Crippen LogP contribution in [-0.2, 0) is 31.5 Å². The van der Waals surface area contributed by atoms with Gasteiger partial charge in [0, 0.05) is 5.56 Å². The molecule has 1 unspecified atom stereocenters. The van der Waals surface area contributed by atoms with Gasteiger partial charge >= 0.3 is 10.6 Å². The second kappa shape index (κ2) is 6.08. The summed E-state index contributed by atoms with van der Waals surface area (Å²) in [5.41, 5.74) is 1.34. The zero-order valence-electron chi connectivity index (χ0n) is 10.7. The minimum absolute atomic E-state index is 0.185. The molecule has 0 aliphatic carbocycles. The summed E-state index contributed by atoms with van der Waals surface area (Å²) in [5, 5.41) is 0. The summed E-state index contributed by atoms with van der Waals surface area (Å²) >= 11 is 0. The second-order valence-corrected chi connectivity index (χ2v) is 7.35. The van der Waals surface area contributed by atoms with Crippen LogP contribution >= 0.6 is 0 Å². The summed E-state index contributed by atoms with van der Waals surface area (Å²) in [5.74, 6) is 0. The molecule has 7 nitrogen and oxygen atoms in total. The van der Waals surface area contributed by atoms with E-state index in [0.717, 1.165) is 5.56 Å². The Bertz CT molecular complexity index is 969. The van der Waals surface area contributed by atoms with E-state index >= 15 is 0 Å². The summed E-state index contributed by atoms with van der Waals surface area (Å²) < 4.78 is 68.7. The largest absolute Gasteiger partial charge is 0.425 e. The fourth-order valence-corrected chi connectivity index (χ4v) is 3.89. The quantitative estimate of drug-likeness (QED) is 0.644. The van der Waals surface area contributed by atoms with Crippen molar-refractivity contribution in [3.63, 3.8) is 0 Å². The highest BCUT2D eigenvalue weighted by molar-refractivity contribution is 7.86. The summed E-state index contributed by atoms with van der Waals surface area (Å²) in [6.45, 7) is 0. The summed E-state index contributed by atoms with van der Waals surface area (Å²) in [6.07, 6.45) is 0. The van der Waals surface area contributed by atoms with Gasteiger partial charge in [0.15, 0.2) is 0 Å². The first-order valence-electron chi connectivity index (χ1n) is 5.61. The minimum atomic E-state index is -4.24. The molecule has 22 heavy (non-hydrogen) atoms. The average molecular weight is 360 g/mol. The van der Waals surface area contributed by atoms with Crippen LogP contribution in [0.15, 0.2) is 57.2 Å². The van der Waals surface area contributed by atoms with Crippen molar-refractivity contribution in [1.29, 1.82) is 0 Å². The lowest BCUT2D eigenvalue weighted by Crippen LogP contribution is -1.98. The Morgan fingerprint density at radius 3 is 2.05 bits per heavy atom. The predicted octanol–water partition coefficient (Wildman–Crippen LogP) is 1.08. The van der Waals surface area contributed by atoms with Gasteiger partial charge in [0.1, 0.15) is 0 Å². The molecule has 10 heteroatoms. The summed E-state index contributed by atoms with van der Waals surface area (Å²) in [6, 6.07) is 11.2. The highest BCUT2D eigenvalue weighted by Crippen LogP contribution is 2.41. The van der Waals surface area contributed by atoms with E-state index in [1.807, 2.05) is 0 Å². The Morgan fingerprint density at radius 2 is 1.45 bits per heavy atom. The molecule has 0 bridgehead atoms. The van der Waals surface area contributed by atoms with Gasteiger partial charge in [-0.1, -0.05) is 18.2 Å². The monoisotopic (exact) mass is 360 g/mol. The van der Waals surface area contributed by atoms with E-state index in [9.17, 15) is 12.6 Å². The van der Waals surface area contributed by atoms with E-state index in [1.54, 1.807) is 24.3 Å². The Morgan fingerprint density at radius 1 is 0.909 bits per heavy atom. The number of rotatable bonds is 1. The van der Waals surface area contributed by atoms with Crippen LogP contribution in [-0.4, -0.2) is 29.8 Å². The van der Waals surface area contributed by atoms with E-state index in [-0.39, 0.29) is 4.90 Å². The molecule has 116 valence electrons. The van der Waals surface area contributed by atoms with Crippen LogP contribution in [0.2, 0.25) is 0 Å². The van der Waals surface area contributed by atoms with E-state index in [1.165, 1.54) is 18.2 Å². The highest BCUT2D eigenvalue weighted by Gasteiger charge is 2.26. The normalized spacial score (nSPS) is 15.2. The molecule has 2 aromatic rings. The maximum atomic E-state index is 12.1. The maximum absolute atomic E-state index is 12.1. The van der Waals surface area contributed by atoms with E-state index in [4.69, 9.17) is 17.2 Å². The van der Waals surface area contributed by atoms with Gasteiger partial charge < -0.3 is 0 Å². The maximum Gasteiger partial charge on any atom is 0.425 e. The van der Waals surface area contributed by atoms with Crippen molar-refractivity contribution in [2.75, 3.05) is 0 Å². The first-order valence-corrected chi connectivity index (χ1v) is 9.20. The van der Waals surface area contributed by atoms with Crippen molar-refractivity contribution in [1.82, 2.24) is 0 Å². The Hall–Kier alpha value is -1.88. The SMILES string of the molecule is O=S(=O)=O.O=S1c2ccccc2-c2cc(S(=O)(=O)O)ccc21. The molecule has 0 saturated carbocycles. The number of benzene rings is 2. The molecule has 1 aliphatic heterocycles. The van der Waals surface area contributed by atoms with Gasteiger partial charge in [-0.05, 0) is 29.8 Å². The molecule has 0 saturated heterocycles. The lowest BCUT2D eigenvalue weighted by atomic mass is 10.1. The predicted molar refractivity (Wildman–Crippen MR) is 76.1 cm³/mol. The smallest absolute Gasteiger partial charge is 0.282 e. The average Bonchev–Trinajstić information content (AvgIpc) is 2.71. The molecule has 0 amide bonds. The molecule has 3 rings (SSSR count). The van der Waals surface area contributed by atoms with E-state index in [0.29, 0.717) is 15.4 Å². The zero-order valence-corrected chi connectivity index (χ0v) is 13.1. The lowest BCUT2D eigenvalue weighted by Gasteiger charge is -2.01. The third-order valence-electron chi connectivity index (χ3n) is 2.83. The van der Waals surface area contributed by atoms with Gasteiger partial charge in [-0.3, -0.25) is 4.55 Å². The van der Waals surface area contributed by atoms with Crippen LogP contribution in [0.25, 0.3) is 11.1 Å². The zero-order chi connectivity index (χ0) is 16.5. The van der Waals surface area contributed by atoms with Crippen LogP contribution < -0.4 is 0 Å². The van der Waals surface area contributed by atoms with Gasteiger partial charge in [-0.2, -0.15) is 8.42 Å². The van der Waals surface area contributed by atoms with Crippen molar-refractivity contribution >= 4 is 31.5 Å². The molecule has 0 spiro atoms. The molecule has 1 heterocycles. The molecule has 0 aromatic heterocycles. The summed E-state index contributed by atoms with van der Waals surface area (Å²) in [4.78, 5) is 1.05. The first kappa shape index (κ1) is 16.5. The minimum Gasteiger partial charge on any atom is -0.282 e.